The van der Waals surface area contributed by atoms with Crippen molar-refractivity contribution < 1.29 is 38.2 Å². The highest BCUT2D eigenvalue weighted by molar-refractivity contribution is 5.91. The van der Waals surface area contributed by atoms with Crippen molar-refractivity contribution in [1.29, 1.82) is 0 Å². The van der Waals surface area contributed by atoms with Gasteiger partial charge < -0.3 is 39.7 Å². The van der Waals surface area contributed by atoms with Gasteiger partial charge in [-0.1, -0.05) is 67.0 Å². The van der Waals surface area contributed by atoms with E-state index in [1.165, 1.54) is 0 Å². The van der Waals surface area contributed by atoms with Crippen molar-refractivity contribution in [2.45, 2.75) is 163 Å². The van der Waals surface area contributed by atoms with Crippen LogP contribution in [0.3, 0.4) is 0 Å². The van der Waals surface area contributed by atoms with E-state index < -0.39 is 12.1 Å². The van der Waals surface area contributed by atoms with Crippen LogP contribution in [0.2, 0.25) is 0 Å². The van der Waals surface area contributed by atoms with Crippen LogP contribution in [0.5, 0.6) is 0 Å². The second kappa shape index (κ2) is 25.1. The third-order valence-electron chi connectivity index (χ3n) is 13.3. The van der Waals surface area contributed by atoms with Crippen molar-refractivity contribution in [2.24, 2.45) is 35.5 Å². The molecule has 14 nitrogen and oxygen atoms in total. The molecule has 2 N–H and O–H groups in total. The van der Waals surface area contributed by atoms with E-state index in [1.54, 1.807) is 6.08 Å². The van der Waals surface area contributed by atoms with Crippen LogP contribution in [-0.4, -0.2) is 144 Å². The van der Waals surface area contributed by atoms with Crippen molar-refractivity contribution >= 4 is 35.6 Å². The lowest BCUT2D eigenvalue weighted by Gasteiger charge is -2.42. The number of nitrogens with zero attached hydrogens (tertiary/aromatic N) is 4. The van der Waals surface area contributed by atoms with Crippen molar-refractivity contribution in [3.05, 3.63) is 12.7 Å². The summed E-state index contributed by atoms with van der Waals surface area (Å²) < 4.78 is 10.6. The molecule has 4 heterocycles. The number of hydrogen-bond acceptors (Lipinski definition) is 10. The Morgan fingerprint density at radius 3 is 1.58 bits per heavy atom. The van der Waals surface area contributed by atoms with Crippen molar-refractivity contribution in [3.8, 4) is 0 Å². The summed E-state index contributed by atoms with van der Waals surface area (Å²) in [4.78, 5) is 88.7. The van der Waals surface area contributed by atoms with Gasteiger partial charge in [0.25, 0.3) is 0 Å². The molecule has 6 atom stereocenters. The summed E-state index contributed by atoms with van der Waals surface area (Å²) in [5.41, 5.74) is 0. The number of likely N-dealkylation sites (tertiary alicyclic amines) is 2. The molecule has 0 bridgehead atoms. The standard InChI is InChI=1S/C48H82N6O8/c1-10-25-61-43(55)30-37-13-19-51(20-14-37)47(59)41(27-33(4)5)53-23-18-50-40(46(53)58)28-35(8)11-12-36(9)29-42(54-24-17-49-39(45(54)57)26-32(2)3)48(60)52-21-15-38(16-22-52)31-44(56)62-34(6)7/h10,32-42,49-50H,1,11-31H2,2-9H3/t35?,36?,39-,40-,41-,42-/m0/s1. The molecule has 62 heavy (non-hydrogen) atoms. The average molecular weight is 871 g/mol. The summed E-state index contributed by atoms with van der Waals surface area (Å²) in [5, 5.41) is 6.86. The van der Waals surface area contributed by atoms with Crippen LogP contribution in [-0.2, 0) is 38.2 Å². The molecule has 0 aromatic rings. The summed E-state index contributed by atoms with van der Waals surface area (Å²) >= 11 is 0. The first-order valence-electron chi connectivity index (χ1n) is 24.1. The largest absolute Gasteiger partial charge is 0.463 e. The zero-order chi connectivity index (χ0) is 45.5. The number of carbonyl (C=O) groups excluding carboxylic acids is 6. The maximum absolute atomic E-state index is 14.4. The lowest BCUT2D eigenvalue weighted by molar-refractivity contribution is -0.152. The predicted octanol–water partition coefficient (Wildman–Crippen LogP) is 5.19. The Morgan fingerprint density at radius 2 is 1.11 bits per heavy atom. The van der Waals surface area contributed by atoms with Crippen molar-refractivity contribution in [3.63, 3.8) is 0 Å². The topological polar surface area (TPSA) is 158 Å². The molecule has 4 aliphatic rings. The predicted molar refractivity (Wildman–Crippen MR) is 241 cm³/mol. The Hall–Kier alpha value is -3.52. The van der Waals surface area contributed by atoms with Crippen LogP contribution in [0.15, 0.2) is 12.7 Å². The Morgan fingerprint density at radius 1 is 0.645 bits per heavy atom. The molecule has 4 fully saturated rings. The van der Waals surface area contributed by atoms with Gasteiger partial charge in [0.05, 0.1) is 18.2 Å². The molecular formula is C48H82N6O8. The second-order valence-electron chi connectivity index (χ2n) is 20.1. The van der Waals surface area contributed by atoms with Gasteiger partial charge in [-0.15, -0.1) is 0 Å². The van der Waals surface area contributed by atoms with Gasteiger partial charge in [0.1, 0.15) is 18.7 Å². The minimum absolute atomic E-state index is 0.000522. The monoisotopic (exact) mass is 871 g/mol. The highest BCUT2D eigenvalue weighted by Crippen LogP contribution is 2.29. The first-order chi connectivity index (χ1) is 29.5. The molecule has 0 saturated carbocycles. The van der Waals surface area contributed by atoms with Gasteiger partial charge in [0.2, 0.25) is 23.6 Å². The Kier molecular flexibility index (Phi) is 20.7. The van der Waals surface area contributed by atoms with E-state index in [4.69, 9.17) is 9.47 Å². The van der Waals surface area contributed by atoms with Gasteiger partial charge in [0.15, 0.2) is 0 Å². The van der Waals surface area contributed by atoms with E-state index in [0.717, 1.165) is 38.5 Å². The van der Waals surface area contributed by atoms with Gasteiger partial charge in [-0.2, -0.15) is 0 Å². The van der Waals surface area contributed by atoms with E-state index >= 15 is 0 Å². The number of esters is 2. The molecule has 4 rings (SSSR count). The molecule has 4 saturated heterocycles. The number of carbonyl (C=O) groups is 6. The minimum Gasteiger partial charge on any atom is -0.463 e. The fourth-order valence-electron chi connectivity index (χ4n) is 9.86. The lowest BCUT2D eigenvalue weighted by Crippen LogP contribution is -2.62. The highest BCUT2D eigenvalue weighted by Gasteiger charge is 2.42. The van der Waals surface area contributed by atoms with Crippen molar-refractivity contribution in [1.82, 2.24) is 30.2 Å². The number of piperazine rings is 2. The third-order valence-corrected chi connectivity index (χ3v) is 13.3. The van der Waals surface area contributed by atoms with Crippen LogP contribution in [0, 0.1) is 35.5 Å². The molecule has 0 aliphatic carbocycles. The summed E-state index contributed by atoms with van der Waals surface area (Å²) in [6.45, 7) is 24.7. The van der Waals surface area contributed by atoms with Crippen LogP contribution >= 0.6 is 0 Å². The molecule has 4 aliphatic heterocycles. The molecule has 0 aromatic carbocycles. The molecule has 0 aromatic heterocycles. The molecule has 0 radical (unpaired) electrons. The molecule has 352 valence electrons. The lowest BCUT2D eigenvalue weighted by atomic mass is 9.87. The van der Waals surface area contributed by atoms with Gasteiger partial charge in [-0.3, -0.25) is 28.8 Å². The fraction of sp³-hybridized carbons (Fsp3) is 0.833. The van der Waals surface area contributed by atoms with Crippen LogP contribution in [0.25, 0.3) is 0 Å². The number of ether oxygens (including phenoxy) is 2. The van der Waals surface area contributed by atoms with Gasteiger partial charge in [-0.05, 0) is 101 Å². The Labute approximate surface area is 373 Å². The Bertz CT molecular complexity index is 1490. The molecule has 2 unspecified atom stereocenters. The molecule has 4 amide bonds. The third kappa shape index (κ3) is 15.6. The summed E-state index contributed by atoms with van der Waals surface area (Å²) in [5.74, 6) is 0.833. The van der Waals surface area contributed by atoms with Gasteiger partial charge in [-0.25, -0.2) is 0 Å². The number of nitrogens with one attached hydrogen (secondary N) is 2. The summed E-state index contributed by atoms with van der Waals surface area (Å²) in [6.07, 6.45) is 9.27. The molecule has 0 spiro atoms. The quantitative estimate of drug-likeness (QED) is 0.110. The summed E-state index contributed by atoms with van der Waals surface area (Å²) in [6, 6.07) is -1.77. The molecule has 14 heteroatoms. The summed E-state index contributed by atoms with van der Waals surface area (Å²) in [7, 11) is 0. The zero-order valence-electron chi connectivity index (χ0n) is 39.5. The SMILES string of the molecule is C=CCOC(=O)CC1CCN(C(=O)[C@H](CC(C)C)N2CCN[C@@H](CC(C)CCC(C)C[C@@H](C(=O)N3CCC(CC(=O)OC(C)C)CC3)N3CCN[C@@H](CC(C)C)C3=O)C2=O)CC1. The maximum Gasteiger partial charge on any atom is 0.306 e. The number of hydrogen-bond donors (Lipinski definition) is 2. The second-order valence-corrected chi connectivity index (χ2v) is 20.1. The van der Waals surface area contributed by atoms with Gasteiger partial charge >= 0.3 is 11.9 Å². The first kappa shape index (κ1) is 51.1. The van der Waals surface area contributed by atoms with E-state index in [2.05, 4.69) is 58.8 Å². The average Bonchev–Trinajstić information content (AvgIpc) is 3.21. The minimum atomic E-state index is -0.553. The number of amides is 4. The normalized spacial score (nSPS) is 22.8. The first-order valence-corrected chi connectivity index (χ1v) is 24.1. The van der Waals surface area contributed by atoms with E-state index in [9.17, 15) is 28.8 Å². The zero-order valence-corrected chi connectivity index (χ0v) is 39.5. The fourth-order valence-corrected chi connectivity index (χ4v) is 9.86. The van der Waals surface area contributed by atoms with E-state index in [-0.39, 0.29) is 90.0 Å². The number of rotatable bonds is 22. The smallest absolute Gasteiger partial charge is 0.306 e. The maximum atomic E-state index is 14.4. The Balaban J connectivity index is 1.35. The van der Waals surface area contributed by atoms with E-state index in [1.807, 2.05) is 33.4 Å². The highest BCUT2D eigenvalue weighted by atomic mass is 16.5. The van der Waals surface area contributed by atoms with Gasteiger partial charge in [0, 0.05) is 65.2 Å². The molecular weight excluding hydrogens is 789 g/mol. The van der Waals surface area contributed by atoms with Crippen LogP contribution in [0.4, 0.5) is 0 Å². The van der Waals surface area contributed by atoms with E-state index in [0.29, 0.717) is 96.8 Å². The number of piperidine rings is 2. The van der Waals surface area contributed by atoms with Crippen LogP contribution < -0.4 is 10.6 Å². The van der Waals surface area contributed by atoms with Crippen molar-refractivity contribution in [2.75, 3.05) is 59.0 Å². The van der Waals surface area contributed by atoms with Crippen LogP contribution in [0.1, 0.15) is 132 Å².